The fourth-order valence-corrected chi connectivity index (χ4v) is 3.42. The van der Waals surface area contributed by atoms with Crippen LogP contribution in [-0.4, -0.2) is 7.11 Å². The Morgan fingerprint density at radius 1 is 1.03 bits per heavy atom. The summed E-state index contributed by atoms with van der Waals surface area (Å²) in [6.45, 7) is 0.376. The van der Waals surface area contributed by atoms with Gasteiger partial charge in [-0.15, -0.1) is 0 Å². The Hall–Kier alpha value is -2.45. The lowest BCUT2D eigenvalue weighted by Crippen LogP contribution is -1.98. The van der Waals surface area contributed by atoms with Gasteiger partial charge >= 0.3 is 0 Å². The molecule has 0 unspecified atom stereocenters. The van der Waals surface area contributed by atoms with Crippen LogP contribution in [0.4, 0.5) is 0 Å². The minimum absolute atomic E-state index is 0.376. The summed E-state index contributed by atoms with van der Waals surface area (Å²) in [5.41, 5.74) is 3.01. The number of hydrogen-bond donors (Lipinski definition) is 0. The van der Waals surface area contributed by atoms with Crippen LogP contribution in [0.25, 0.3) is 11.6 Å². The van der Waals surface area contributed by atoms with Gasteiger partial charge in [-0.25, -0.2) is 0 Å². The van der Waals surface area contributed by atoms with Crippen molar-refractivity contribution < 1.29 is 9.47 Å². The number of rotatable bonds is 6. The second kappa shape index (κ2) is 9.84. The molecule has 0 N–H and O–H groups in total. The molecule has 6 heteroatoms. The smallest absolute Gasteiger partial charge is 0.162 e. The molecule has 0 heterocycles. The number of nitriles is 1. The van der Waals surface area contributed by atoms with Crippen LogP contribution in [0.2, 0.25) is 10.0 Å². The zero-order valence-electron chi connectivity index (χ0n) is 15.5. The molecule has 0 aliphatic carbocycles. The fourth-order valence-electron chi connectivity index (χ4n) is 2.67. The van der Waals surface area contributed by atoms with E-state index in [-0.39, 0.29) is 0 Å². The monoisotopic (exact) mass is 487 g/mol. The van der Waals surface area contributed by atoms with E-state index in [4.69, 9.17) is 32.7 Å². The molecule has 3 nitrogen and oxygen atoms in total. The van der Waals surface area contributed by atoms with Crippen LogP contribution in [0, 0.1) is 11.3 Å². The predicted octanol–water partition coefficient (Wildman–Crippen LogP) is 7.41. The van der Waals surface area contributed by atoms with Crippen LogP contribution in [0.3, 0.4) is 0 Å². The van der Waals surface area contributed by atoms with E-state index in [0.29, 0.717) is 33.7 Å². The normalized spacial score (nSPS) is 11.1. The first-order chi connectivity index (χ1) is 14.0. The highest BCUT2D eigenvalue weighted by Crippen LogP contribution is 2.36. The molecule has 0 aliphatic rings. The second-order valence-electron chi connectivity index (χ2n) is 6.12. The molecule has 0 radical (unpaired) electrons. The van der Waals surface area contributed by atoms with Crippen molar-refractivity contribution in [3.05, 3.63) is 91.9 Å². The van der Waals surface area contributed by atoms with Crippen LogP contribution in [0.5, 0.6) is 11.5 Å². The quantitative estimate of drug-likeness (QED) is 0.268. The Kier molecular flexibility index (Phi) is 7.22. The molecule has 0 spiro atoms. The van der Waals surface area contributed by atoms with Gasteiger partial charge in [-0.1, -0.05) is 63.4 Å². The van der Waals surface area contributed by atoms with Crippen molar-refractivity contribution in [3.8, 4) is 17.6 Å². The zero-order valence-corrected chi connectivity index (χ0v) is 18.6. The molecule has 0 fully saturated rings. The molecule has 0 atom stereocenters. The molecule has 0 saturated carbocycles. The molecular weight excluding hydrogens is 473 g/mol. The predicted molar refractivity (Wildman–Crippen MR) is 121 cm³/mol. The van der Waals surface area contributed by atoms with Crippen molar-refractivity contribution in [1.29, 1.82) is 5.26 Å². The molecule has 0 bridgehead atoms. The van der Waals surface area contributed by atoms with Gasteiger partial charge < -0.3 is 9.47 Å². The summed E-state index contributed by atoms with van der Waals surface area (Å²) < 4.78 is 12.2. The van der Waals surface area contributed by atoms with Crippen molar-refractivity contribution in [2.24, 2.45) is 0 Å². The number of allylic oxidation sites excluding steroid dienone is 1. The third-order valence-corrected chi connectivity index (χ3v) is 5.32. The van der Waals surface area contributed by atoms with Crippen LogP contribution in [-0.2, 0) is 6.61 Å². The van der Waals surface area contributed by atoms with E-state index in [1.54, 1.807) is 25.3 Å². The summed E-state index contributed by atoms with van der Waals surface area (Å²) in [4.78, 5) is 0. The van der Waals surface area contributed by atoms with E-state index >= 15 is 0 Å². The summed E-state index contributed by atoms with van der Waals surface area (Å²) in [7, 11) is 1.58. The third-order valence-electron chi connectivity index (χ3n) is 4.15. The summed E-state index contributed by atoms with van der Waals surface area (Å²) >= 11 is 15.5. The highest BCUT2D eigenvalue weighted by molar-refractivity contribution is 9.10. The van der Waals surface area contributed by atoms with Crippen molar-refractivity contribution in [2.75, 3.05) is 7.11 Å². The topological polar surface area (TPSA) is 42.2 Å². The van der Waals surface area contributed by atoms with Gasteiger partial charge in [0.05, 0.1) is 18.8 Å². The van der Waals surface area contributed by atoms with Crippen LogP contribution in [0.15, 0.2) is 65.1 Å². The Labute approximate surface area is 188 Å². The van der Waals surface area contributed by atoms with Gasteiger partial charge in [-0.05, 0) is 59.2 Å². The molecular formula is C23H16BrCl2NO2. The van der Waals surface area contributed by atoms with Crippen molar-refractivity contribution in [1.82, 2.24) is 0 Å². The Bertz CT molecular complexity index is 1090. The van der Waals surface area contributed by atoms with Gasteiger partial charge in [-0.2, -0.15) is 5.26 Å². The van der Waals surface area contributed by atoms with E-state index in [9.17, 15) is 5.26 Å². The Morgan fingerprint density at radius 2 is 1.79 bits per heavy atom. The van der Waals surface area contributed by atoms with E-state index in [0.717, 1.165) is 21.2 Å². The van der Waals surface area contributed by atoms with Gasteiger partial charge in [-0.3, -0.25) is 0 Å². The van der Waals surface area contributed by atoms with E-state index in [2.05, 4.69) is 22.0 Å². The minimum atomic E-state index is 0.376. The average Bonchev–Trinajstić information content (AvgIpc) is 2.72. The Balaban J connectivity index is 1.89. The molecule has 3 rings (SSSR count). The molecule has 3 aromatic rings. The molecule has 3 aromatic carbocycles. The van der Waals surface area contributed by atoms with E-state index in [1.165, 1.54) is 0 Å². The molecule has 0 amide bonds. The molecule has 146 valence electrons. The maximum atomic E-state index is 9.59. The number of benzene rings is 3. The third kappa shape index (κ3) is 5.55. The lowest BCUT2D eigenvalue weighted by Gasteiger charge is -2.13. The fraction of sp³-hybridized carbons (Fsp3) is 0.0870. The first kappa shape index (κ1) is 21.3. The molecule has 0 aliphatic heterocycles. The number of halogens is 3. The van der Waals surface area contributed by atoms with Gasteiger partial charge in [0, 0.05) is 14.5 Å². The molecule has 0 saturated heterocycles. The van der Waals surface area contributed by atoms with Gasteiger partial charge in [0.25, 0.3) is 0 Å². The summed E-state index contributed by atoms with van der Waals surface area (Å²) in [5.74, 6) is 1.16. The zero-order chi connectivity index (χ0) is 20.8. The minimum Gasteiger partial charge on any atom is -0.493 e. The maximum Gasteiger partial charge on any atom is 0.162 e. The first-order valence-electron chi connectivity index (χ1n) is 8.62. The largest absolute Gasteiger partial charge is 0.493 e. The number of nitrogens with zero attached hydrogens (tertiary/aromatic N) is 1. The van der Waals surface area contributed by atoms with Crippen molar-refractivity contribution in [2.45, 2.75) is 6.61 Å². The maximum absolute atomic E-state index is 9.59. The first-order valence-corrected chi connectivity index (χ1v) is 10.2. The summed E-state index contributed by atoms with van der Waals surface area (Å²) in [6.07, 6.45) is 1.78. The highest BCUT2D eigenvalue weighted by atomic mass is 79.9. The van der Waals surface area contributed by atoms with Gasteiger partial charge in [0.2, 0.25) is 0 Å². The van der Waals surface area contributed by atoms with Crippen molar-refractivity contribution >= 4 is 50.8 Å². The molecule has 0 aromatic heterocycles. The number of ether oxygens (including phenoxy) is 2. The lowest BCUT2D eigenvalue weighted by atomic mass is 10.0. The number of hydrogen-bond acceptors (Lipinski definition) is 3. The summed E-state index contributed by atoms with van der Waals surface area (Å²) in [6, 6.07) is 20.5. The lowest BCUT2D eigenvalue weighted by molar-refractivity contribution is 0.284. The van der Waals surface area contributed by atoms with E-state index < -0.39 is 0 Å². The summed E-state index contributed by atoms with van der Waals surface area (Å²) in [5, 5.41) is 10.8. The number of methoxy groups -OCH3 is 1. The van der Waals surface area contributed by atoms with Crippen molar-refractivity contribution in [3.63, 3.8) is 0 Å². The van der Waals surface area contributed by atoms with Crippen LogP contribution >= 0.6 is 39.1 Å². The Morgan fingerprint density at radius 3 is 2.45 bits per heavy atom. The van der Waals surface area contributed by atoms with Crippen LogP contribution in [0.1, 0.15) is 16.7 Å². The SMILES string of the molecule is COc1cc(C=C(C#N)c2cccc(Cl)c2)c(Br)cc1OCc1ccc(Cl)cc1. The van der Waals surface area contributed by atoms with E-state index in [1.807, 2.05) is 48.5 Å². The van der Waals surface area contributed by atoms with Gasteiger partial charge in [0.15, 0.2) is 11.5 Å². The second-order valence-corrected chi connectivity index (χ2v) is 7.85. The van der Waals surface area contributed by atoms with Gasteiger partial charge in [0.1, 0.15) is 6.61 Å². The highest BCUT2D eigenvalue weighted by Gasteiger charge is 2.11. The average molecular weight is 489 g/mol. The van der Waals surface area contributed by atoms with Crippen LogP contribution < -0.4 is 9.47 Å². The molecule has 29 heavy (non-hydrogen) atoms. The standard InChI is InChI=1S/C23H16BrCl2NO2/c1-28-22-11-17(9-18(13-27)16-3-2-4-20(26)10-16)21(24)12-23(22)29-14-15-5-7-19(25)8-6-15/h2-12H,14H2,1H3.